The van der Waals surface area contributed by atoms with E-state index in [1.807, 2.05) is 0 Å². The van der Waals surface area contributed by atoms with Gasteiger partial charge in [0.15, 0.2) is 9.84 Å². The number of carboxylic acid groups (broad SMARTS) is 1. The highest BCUT2D eigenvalue weighted by Gasteiger charge is 2.18. The number of fused-ring (bicyclic) bond motifs is 2. The molecule has 0 amide bonds. The van der Waals surface area contributed by atoms with Crippen LogP contribution in [0.15, 0.2) is 44.4 Å². The number of sulfone groups is 1. The highest BCUT2D eigenvalue weighted by molar-refractivity contribution is 7.91. The Labute approximate surface area is 137 Å². The van der Waals surface area contributed by atoms with Gasteiger partial charge in [-0.2, -0.15) is 0 Å². The van der Waals surface area contributed by atoms with Gasteiger partial charge >= 0.3 is 5.97 Å². The average Bonchev–Trinajstić information content (AvgIpc) is 2.55. The van der Waals surface area contributed by atoms with Crippen LogP contribution in [-0.2, 0) is 9.84 Å². The van der Waals surface area contributed by atoms with Crippen molar-refractivity contribution in [1.29, 1.82) is 0 Å². The van der Waals surface area contributed by atoms with Crippen molar-refractivity contribution in [3.63, 3.8) is 0 Å². The summed E-state index contributed by atoms with van der Waals surface area (Å²) in [7, 11) is -3.48. The summed E-state index contributed by atoms with van der Waals surface area (Å²) in [6.45, 7) is 3.19. The van der Waals surface area contributed by atoms with Gasteiger partial charge in [-0.3, -0.25) is 4.79 Å². The Morgan fingerprint density at radius 1 is 1.17 bits per heavy atom. The maximum absolute atomic E-state index is 12.7. The van der Waals surface area contributed by atoms with Crippen molar-refractivity contribution in [2.45, 2.75) is 18.7 Å². The molecule has 0 unspecified atom stereocenters. The zero-order valence-corrected chi connectivity index (χ0v) is 13.8. The molecule has 1 heterocycles. The quantitative estimate of drug-likeness (QED) is 0.732. The number of aromatic carboxylic acids is 1. The summed E-state index contributed by atoms with van der Waals surface area (Å²) < 4.78 is 29.9. The van der Waals surface area contributed by atoms with Crippen LogP contribution < -0.4 is 5.43 Å². The van der Waals surface area contributed by atoms with Crippen LogP contribution in [0.5, 0.6) is 0 Å². The highest BCUT2D eigenvalue weighted by Crippen LogP contribution is 2.26. The molecule has 2 aromatic carbocycles. The first-order chi connectivity index (χ1) is 11.2. The average molecular weight is 346 g/mol. The molecule has 1 N–H and O–H groups in total. The molecule has 0 aliphatic rings. The molecule has 0 aliphatic carbocycles. The van der Waals surface area contributed by atoms with Gasteiger partial charge in [0.05, 0.1) is 27.0 Å². The van der Waals surface area contributed by atoms with E-state index in [0.29, 0.717) is 11.1 Å². The largest absolute Gasteiger partial charge is 0.478 e. The first-order valence-corrected chi connectivity index (χ1v) is 8.87. The van der Waals surface area contributed by atoms with Crippen molar-refractivity contribution in [3.05, 3.63) is 51.7 Å². The van der Waals surface area contributed by atoms with E-state index in [1.165, 1.54) is 37.3 Å². The van der Waals surface area contributed by atoms with Crippen LogP contribution in [0.1, 0.15) is 22.8 Å². The minimum Gasteiger partial charge on any atom is -0.478 e. The van der Waals surface area contributed by atoms with Gasteiger partial charge in [0, 0.05) is 0 Å². The normalized spacial score (nSPS) is 11.9. The van der Waals surface area contributed by atoms with Crippen molar-refractivity contribution in [3.8, 4) is 0 Å². The number of aryl methyl sites for hydroxylation is 1. The van der Waals surface area contributed by atoms with Crippen LogP contribution in [0.3, 0.4) is 0 Å². The number of benzene rings is 2. The van der Waals surface area contributed by atoms with E-state index in [4.69, 9.17) is 9.52 Å². The molecule has 0 fully saturated rings. The number of hydrogen-bond donors (Lipinski definition) is 1. The second-order valence-corrected chi connectivity index (χ2v) is 7.75. The third-order valence-electron chi connectivity index (χ3n) is 3.92. The number of carbonyl (C=O) groups is 1. The zero-order valence-electron chi connectivity index (χ0n) is 13.0. The van der Waals surface area contributed by atoms with E-state index >= 15 is 0 Å². The van der Waals surface area contributed by atoms with Crippen molar-refractivity contribution in [2.75, 3.05) is 5.75 Å². The molecular weight excluding hydrogens is 332 g/mol. The van der Waals surface area contributed by atoms with Crippen LogP contribution in [0.4, 0.5) is 0 Å². The summed E-state index contributed by atoms with van der Waals surface area (Å²) in [4.78, 5) is 23.9. The molecule has 3 rings (SSSR count). The standard InChI is InChI=1S/C17H14O6S/c1-3-24(21,22)11-6-9(2)16-13(8-11)15(18)12-7-10(17(19)20)4-5-14(12)23-16/h4-8H,3H2,1-2H3,(H,19,20). The van der Waals surface area contributed by atoms with Gasteiger partial charge in [-0.25, -0.2) is 13.2 Å². The minimum atomic E-state index is -3.48. The Kier molecular flexibility index (Phi) is 3.68. The Bertz CT molecular complexity index is 1160. The fraction of sp³-hybridized carbons (Fsp3) is 0.176. The predicted octanol–water partition coefficient (Wildman–Crippen LogP) is 2.75. The first-order valence-electron chi connectivity index (χ1n) is 7.22. The van der Waals surface area contributed by atoms with E-state index in [-0.39, 0.29) is 32.6 Å². The molecule has 24 heavy (non-hydrogen) atoms. The highest BCUT2D eigenvalue weighted by atomic mass is 32.2. The molecule has 0 spiro atoms. The number of hydrogen-bond acceptors (Lipinski definition) is 5. The SMILES string of the molecule is CCS(=O)(=O)c1cc(C)c2oc3ccc(C(=O)O)cc3c(=O)c2c1. The predicted molar refractivity (Wildman–Crippen MR) is 89.4 cm³/mol. The van der Waals surface area contributed by atoms with Gasteiger partial charge < -0.3 is 9.52 Å². The summed E-state index contributed by atoms with van der Waals surface area (Å²) >= 11 is 0. The Morgan fingerprint density at radius 3 is 2.50 bits per heavy atom. The smallest absolute Gasteiger partial charge is 0.335 e. The monoisotopic (exact) mass is 346 g/mol. The van der Waals surface area contributed by atoms with Crippen molar-refractivity contribution < 1.29 is 22.7 Å². The topological polar surface area (TPSA) is 102 Å². The third-order valence-corrected chi connectivity index (χ3v) is 5.63. The Balaban J connectivity index is 2.46. The molecule has 0 saturated heterocycles. The first kappa shape index (κ1) is 16.2. The van der Waals surface area contributed by atoms with E-state index in [1.54, 1.807) is 6.92 Å². The van der Waals surface area contributed by atoms with Gasteiger partial charge in [-0.05, 0) is 42.8 Å². The van der Waals surface area contributed by atoms with Crippen LogP contribution in [0.25, 0.3) is 21.9 Å². The minimum absolute atomic E-state index is 0.0387. The fourth-order valence-corrected chi connectivity index (χ4v) is 3.56. The molecule has 7 heteroatoms. The van der Waals surface area contributed by atoms with Crippen molar-refractivity contribution in [1.82, 2.24) is 0 Å². The molecule has 0 radical (unpaired) electrons. The second kappa shape index (κ2) is 5.45. The Morgan fingerprint density at radius 2 is 1.88 bits per heavy atom. The fourth-order valence-electron chi connectivity index (χ4n) is 2.58. The lowest BCUT2D eigenvalue weighted by Gasteiger charge is -2.08. The zero-order chi connectivity index (χ0) is 17.6. The lowest BCUT2D eigenvalue weighted by molar-refractivity contribution is 0.0697. The molecule has 0 bridgehead atoms. The third kappa shape index (κ3) is 2.46. The molecular formula is C17H14O6S. The maximum Gasteiger partial charge on any atom is 0.335 e. The maximum atomic E-state index is 12.7. The summed E-state index contributed by atoms with van der Waals surface area (Å²) in [6.07, 6.45) is 0. The van der Waals surface area contributed by atoms with Gasteiger partial charge in [0.2, 0.25) is 5.43 Å². The molecule has 6 nitrogen and oxygen atoms in total. The van der Waals surface area contributed by atoms with E-state index in [0.717, 1.165) is 0 Å². The molecule has 0 atom stereocenters. The summed E-state index contributed by atoms with van der Waals surface area (Å²) in [5.41, 5.74) is 0.590. The lowest BCUT2D eigenvalue weighted by atomic mass is 10.1. The molecule has 0 aliphatic heterocycles. The molecule has 0 saturated carbocycles. The van der Waals surface area contributed by atoms with Crippen molar-refractivity contribution >= 4 is 37.7 Å². The molecule has 1 aromatic heterocycles. The number of rotatable bonds is 3. The lowest BCUT2D eigenvalue weighted by Crippen LogP contribution is -2.08. The van der Waals surface area contributed by atoms with Gasteiger partial charge in [-0.1, -0.05) is 6.92 Å². The van der Waals surface area contributed by atoms with E-state index < -0.39 is 21.2 Å². The van der Waals surface area contributed by atoms with Crippen molar-refractivity contribution in [2.24, 2.45) is 0 Å². The summed E-state index contributed by atoms with van der Waals surface area (Å²) in [5, 5.41) is 9.29. The summed E-state index contributed by atoms with van der Waals surface area (Å²) in [5.74, 6) is -1.24. The van der Waals surface area contributed by atoms with Gasteiger partial charge in [0.1, 0.15) is 11.2 Å². The van der Waals surface area contributed by atoms with Crippen LogP contribution in [0, 0.1) is 6.92 Å². The van der Waals surface area contributed by atoms with Gasteiger partial charge in [-0.15, -0.1) is 0 Å². The van der Waals surface area contributed by atoms with E-state index in [9.17, 15) is 18.0 Å². The Hall–Kier alpha value is -2.67. The number of carboxylic acids is 1. The van der Waals surface area contributed by atoms with E-state index in [2.05, 4.69) is 0 Å². The molecule has 124 valence electrons. The second-order valence-electron chi connectivity index (χ2n) is 5.47. The van der Waals surface area contributed by atoms with Gasteiger partial charge in [0.25, 0.3) is 0 Å². The summed E-state index contributed by atoms with van der Waals surface area (Å²) in [6, 6.07) is 6.78. The van der Waals surface area contributed by atoms with Crippen LogP contribution in [-0.4, -0.2) is 25.2 Å². The molecule has 3 aromatic rings. The van der Waals surface area contributed by atoms with Crippen LogP contribution in [0.2, 0.25) is 0 Å². The van der Waals surface area contributed by atoms with Crippen LogP contribution >= 0.6 is 0 Å².